The van der Waals surface area contributed by atoms with E-state index in [-0.39, 0.29) is 21.8 Å². The first-order valence-electron chi connectivity index (χ1n) is 6.64. The topological polar surface area (TPSA) is 88.3 Å². The molecule has 0 spiro atoms. The molecule has 1 aliphatic carbocycles. The van der Waals surface area contributed by atoms with Crippen LogP contribution in [0.5, 0.6) is 0 Å². The number of nitrogens with two attached hydrogens (primary N) is 1. The van der Waals surface area contributed by atoms with Gasteiger partial charge in [0.15, 0.2) is 5.82 Å². The molecule has 0 aromatic carbocycles. The van der Waals surface area contributed by atoms with E-state index in [1.54, 1.807) is 4.31 Å². The lowest BCUT2D eigenvalue weighted by atomic mass is 10.2. The number of nitrogens with one attached hydrogen (secondary N) is 1. The molecule has 0 atom stereocenters. The molecule has 1 saturated carbocycles. The summed E-state index contributed by atoms with van der Waals surface area (Å²) in [7, 11) is -3.56. The standard InChI is InChI=1S/C12H19ClN4O2S/c1-2-17(9-5-3-4-6-9)20(18,19)10-7-11(13)12(16-14)15-8-10/h7-9H,2-6,14H2,1H3,(H,15,16). The Morgan fingerprint density at radius 3 is 2.65 bits per heavy atom. The molecule has 1 aromatic rings. The van der Waals surface area contributed by atoms with Gasteiger partial charge in [0.05, 0.1) is 5.02 Å². The molecule has 0 bridgehead atoms. The first-order valence-corrected chi connectivity index (χ1v) is 8.46. The maximum Gasteiger partial charge on any atom is 0.244 e. The summed E-state index contributed by atoms with van der Waals surface area (Å²) in [6.45, 7) is 2.29. The SMILES string of the molecule is CCN(C1CCCC1)S(=O)(=O)c1cnc(NN)c(Cl)c1. The zero-order chi connectivity index (χ0) is 14.8. The van der Waals surface area contributed by atoms with Gasteiger partial charge in [-0.1, -0.05) is 31.4 Å². The maximum atomic E-state index is 12.7. The van der Waals surface area contributed by atoms with E-state index < -0.39 is 10.0 Å². The number of pyridine rings is 1. The lowest BCUT2D eigenvalue weighted by Gasteiger charge is -2.26. The number of anilines is 1. The van der Waals surface area contributed by atoms with Gasteiger partial charge in [-0.2, -0.15) is 4.31 Å². The summed E-state index contributed by atoms with van der Waals surface area (Å²) in [6.07, 6.45) is 5.26. The van der Waals surface area contributed by atoms with Gasteiger partial charge < -0.3 is 5.43 Å². The Morgan fingerprint density at radius 2 is 2.15 bits per heavy atom. The molecule has 1 aromatic heterocycles. The predicted molar refractivity (Wildman–Crippen MR) is 78.9 cm³/mol. The zero-order valence-corrected chi connectivity index (χ0v) is 12.9. The van der Waals surface area contributed by atoms with Crippen LogP contribution in [0, 0.1) is 0 Å². The third-order valence-corrected chi connectivity index (χ3v) is 5.88. The molecule has 1 heterocycles. The minimum absolute atomic E-state index is 0.0797. The van der Waals surface area contributed by atoms with E-state index in [0.29, 0.717) is 6.54 Å². The van der Waals surface area contributed by atoms with Crippen LogP contribution in [0.4, 0.5) is 5.82 Å². The van der Waals surface area contributed by atoms with Crippen LogP contribution in [0.2, 0.25) is 5.02 Å². The number of nitrogen functional groups attached to an aromatic ring is 1. The van der Waals surface area contributed by atoms with Gasteiger partial charge >= 0.3 is 0 Å². The first-order chi connectivity index (χ1) is 9.50. The van der Waals surface area contributed by atoms with Crippen LogP contribution in [0.25, 0.3) is 0 Å². The fourth-order valence-electron chi connectivity index (χ4n) is 2.62. The highest BCUT2D eigenvalue weighted by molar-refractivity contribution is 7.89. The number of rotatable bonds is 5. The average molecular weight is 319 g/mol. The maximum absolute atomic E-state index is 12.7. The Balaban J connectivity index is 2.35. The first kappa shape index (κ1) is 15.5. The Kier molecular flexibility index (Phi) is 4.85. The van der Waals surface area contributed by atoms with E-state index in [0.717, 1.165) is 25.7 Å². The van der Waals surface area contributed by atoms with Crippen molar-refractivity contribution in [2.24, 2.45) is 5.84 Å². The Hall–Kier alpha value is -0.890. The van der Waals surface area contributed by atoms with Crippen molar-refractivity contribution in [2.45, 2.75) is 43.5 Å². The normalized spacial score (nSPS) is 16.8. The van der Waals surface area contributed by atoms with E-state index in [9.17, 15) is 8.42 Å². The minimum atomic E-state index is -3.56. The highest BCUT2D eigenvalue weighted by Gasteiger charge is 2.32. The van der Waals surface area contributed by atoms with Crippen molar-refractivity contribution in [2.75, 3.05) is 12.0 Å². The molecule has 2 rings (SSSR count). The van der Waals surface area contributed by atoms with Gasteiger partial charge in [-0.15, -0.1) is 0 Å². The highest BCUT2D eigenvalue weighted by atomic mass is 35.5. The minimum Gasteiger partial charge on any atom is -0.307 e. The van der Waals surface area contributed by atoms with Crippen LogP contribution in [0.1, 0.15) is 32.6 Å². The van der Waals surface area contributed by atoms with Gasteiger partial charge in [0.2, 0.25) is 10.0 Å². The van der Waals surface area contributed by atoms with Crippen LogP contribution in [-0.2, 0) is 10.0 Å². The van der Waals surface area contributed by atoms with Gasteiger partial charge in [0.25, 0.3) is 0 Å². The summed E-state index contributed by atoms with van der Waals surface area (Å²) in [6, 6.07) is 1.47. The summed E-state index contributed by atoms with van der Waals surface area (Å²) in [5.74, 6) is 5.50. The van der Waals surface area contributed by atoms with Crippen LogP contribution >= 0.6 is 11.6 Å². The zero-order valence-electron chi connectivity index (χ0n) is 11.3. The van der Waals surface area contributed by atoms with Crippen molar-refractivity contribution in [3.8, 4) is 0 Å². The Morgan fingerprint density at radius 1 is 1.50 bits per heavy atom. The summed E-state index contributed by atoms with van der Waals surface area (Å²) in [5.41, 5.74) is 2.32. The Labute approximate surface area is 124 Å². The quantitative estimate of drug-likeness (QED) is 0.640. The fourth-order valence-corrected chi connectivity index (χ4v) is 4.57. The van der Waals surface area contributed by atoms with Gasteiger partial charge in [-0.25, -0.2) is 19.2 Å². The van der Waals surface area contributed by atoms with Gasteiger partial charge in [-0.05, 0) is 18.9 Å². The highest BCUT2D eigenvalue weighted by Crippen LogP contribution is 2.30. The second-order valence-electron chi connectivity index (χ2n) is 4.79. The lowest BCUT2D eigenvalue weighted by Crippen LogP contribution is -2.38. The number of hydrogen-bond donors (Lipinski definition) is 2. The van der Waals surface area contributed by atoms with E-state index in [1.807, 2.05) is 6.92 Å². The number of sulfonamides is 1. The molecule has 1 fully saturated rings. The van der Waals surface area contributed by atoms with Crippen LogP contribution in [0.15, 0.2) is 17.2 Å². The van der Waals surface area contributed by atoms with Crippen LogP contribution in [0.3, 0.4) is 0 Å². The molecule has 1 aliphatic rings. The Bertz CT molecular complexity index is 573. The lowest BCUT2D eigenvalue weighted by molar-refractivity contribution is 0.335. The fraction of sp³-hybridized carbons (Fsp3) is 0.583. The van der Waals surface area contributed by atoms with E-state index in [1.165, 1.54) is 12.3 Å². The molecule has 0 amide bonds. The van der Waals surface area contributed by atoms with E-state index >= 15 is 0 Å². The molecule has 8 heteroatoms. The number of aromatic nitrogens is 1. The van der Waals surface area contributed by atoms with E-state index in [4.69, 9.17) is 17.4 Å². The smallest absolute Gasteiger partial charge is 0.244 e. The summed E-state index contributed by atoms with van der Waals surface area (Å²) < 4.78 is 26.9. The van der Waals surface area contributed by atoms with Crippen LogP contribution in [-0.4, -0.2) is 30.3 Å². The number of halogens is 1. The second-order valence-corrected chi connectivity index (χ2v) is 7.09. The van der Waals surface area contributed by atoms with Crippen molar-refractivity contribution >= 4 is 27.4 Å². The average Bonchev–Trinajstić information content (AvgIpc) is 2.93. The molecule has 20 heavy (non-hydrogen) atoms. The van der Waals surface area contributed by atoms with Gasteiger partial charge in [0, 0.05) is 18.8 Å². The van der Waals surface area contributed by atoms with Crippen molar-refractivity contribution in [3.05, 3.63) is 17.3 Å². The van der Waals surface area contributed by atoms with Gasteiger partial charge in [-0.3, -0.25) is 0 Å². The van der Waals surface area contributed by atoms with Crippen molar-refractivity contribution < 1.29 is 8.42 Å². The molecule has 0 aliphatic heterocycles. The van der Waals surface area contributed by atoms with Crippen molar-refractivity contribution in [1.29, 1.82) is 0 Å². The molecule has 112 valence electrons. The molecule has 0 unspecified atom stereocenters. The largest absolute Gasteiger partial charge is 0.307 e. The number of nitrogens with zero attached hydrogens (tertiary/aromatic N) is 2. The molecule has 6 nitrogen and oxygen atoms in total. The number of hydrazine groups is 1. The molecular weight excluding hydrogens is 300 g/mol. The molecule has 0 radical (unpaired) electrons. The number of hydrogen-bond acceptors (Lipinski definition) is 5. The monoisotopic (exact) mass is 318 g/mol. The van der Waals surface area contributed by atoms with Crippen LogP contribution < -0.4 is 11.3 Å². The van der Waals surface area contributed by atoms with Gasteiger partial charge in [0.1, 0.15) is 4.90 Å². The second kappa shape index (κ2) is 6.26. The predicted octanol–water partition coefficient (Wildman–Crippen LogP) is 1.97. The third-order valence-electron chi connectivity index (χ3n) is 3.60. The van der Waals surface area contributed by atoms with Crippen molar-refractivity contribution in [3.63, 3.8) is 0 Å². The molecule has 3 N–H and O–H groups in total. The third kappa shape index (κ3) is 2.90. The summed E-state index contributed by atoms with van der Waals surface area (Å²) >= 11 is 5.96. The molecule has 0 saturated heterocycles. The van der Waals surface area contributed by atoms with Crippen molar-refractivity contribution in [1.82, 2.24) is 9.29 Å². The summed E-state index contributed by atoms with van der Waals surface area (Å²) in [5, 5.41) is 0.191. The summed E-state index contributed by atoms with van der Waals surface area (Å²) in [4.78, 5) is 4.04. The van der Waals surface area contributed by atoms with E-state index in [2.05, 4.69) is 10.4 Å². The molecular formula is C12H19ClN4O2S.